The summed E-state index contributed by atoms with van der Waals surface area (Å²) in [7, 11) is 0. The molecule has 9 heteroatoms. The fourth-order valence-electron chi connectivity index (χ4n) is 4.84. The molecule has 2 amide bonds. The third-order valence-corrected chi connectivity index (χ3v) is 6.86. The van der Waals surface area contributed by atoms with Crippen LogP contribution in [0, 0.1) is 5.92 Å². The largest absolute Gasteiger partial charge is 0.311 e. The van der Waals surface area contributed by atoms with Crippen LogP contribution in [0.1, 0.15) is 50.1 Å². The number of nitrogens with one attached hydrogen (secondary N) is 1. The predicted molar refractivity (Wildman–Crippen MR) is 128 cm³/mol. The highest BCUT2D eigenvalue weighted by molar-refractivity contribution is 6.31. The van der Waals surface area contributed by atoms with Crippen molar-refractivity contribution in [2.75, 3.05) is 16.8 Å². The zero-order valence-electron chi connectivity index (χ0n) is 18.5. The van der Waals surface area contributed by atoms with E-state index in [1.807, 2.05) is 25.1 Å². The summed E-state index contributed by atoms with van der Waals surface area (Å²) in [6.07, 6.45) is -0.0468. The summed E-state index contributed by atoms with van der Waals surface area (Å²) in [6.45, 7) is 6.59. The Bertz CT molecular complexity index is 1270. The van der Waals surface area contributed by atoms with Crippen LogP contribution in [0.3, 0.4) is 0 Å². The summed E-state index contributed by atoms with van der Waals surface area (Å²) < 4.78 is 1.65. The van der Waals surface area contributed by atoms with Crippen molar-refractivity contribution in [2.45, 2.75) is 38.6 Å². The van der Waals surface area contributed by atoms with Crippen molar-refractivity contribution in [2.24, 2.45) is 5.92 Å². The van der Waals surface area contributed by atoms with E-state index in [1.54, 1.807) is 33.8 Å². The molecule has 1 N–H and O–H groups in total. The lowest BCUT2D eigenvalue weighted by atomic mass is 9.73. The average molecular weight is 484 g/mol. The van der Waals surface area contributed by atoms with Gasteiger partial charge in [0, 0.05) is 22.3 Å². The van der Waals surface area contributed by atoms with Crippen LogP contribution < -0.4 is 10.2 Å². The monoisotopic (exact) mass is 483 g/mol. The first-order valence-electron chi connectivity index (χ1n) is 10.9. The van der Waals surface area contributed by atoms with Crippen molar-refractivity contribution in [1.82, 2.24) is 15.0 Å². The number of hydrogen-bond donors (Lipinski definition) is 1. The molecule has 0 aliphatic carbocycles. The Morgan fingerprint density at radius 3 is 2.45 bits per heavy atom. The molecule has 0 bridgehead atoms. The summed E-state index contributed by atoms with van der Waals surface area (Å²) in [6, 6.07) is 12.6. The van der Waals surface area contributed by atoms with E-state index in [1.165, 1.54) is 0 Å². The SMILES string of the molecule is CC(C)CN1C(=O)[C@]2(CC(=O)Nc3c2nnn3[C@@H](C)c2ccc(Cl)cc2)c2cc(Cl)ccc21. The molecule has 2 aliphatic heterocycles. The number of carbonyl (C=O) groups is 2. The van der Waals surface area contributed by atoms with Gasteiger partial charge in [-0.05, 0) is 54.3 Å². The molecule has 2 aromatic carbocycles. The number of rotatable bonds is 4. The Labute approximate surface area is 201 Å². The van der Waals surface area contributed by atoms with E-state index in [0.717, 1.165) is 11.3 Å². The molecule has 5 rings (SSSR count). The van der Waals surface area contributed by atoms with Gasteiger partial charge in [-0.2, -0.15) is 0 Å². The molecule has 170 valence electrons. The zero-order valence-corrected chi connectivity index (χ0v) is 20.0. The van der Waals surface area contributed by atoms with Crippen LogP contribution in [-0.2, 0) is 15.0 Å². The lowest BCUT2D eigenvalue weighted by Gasteiger charge is -2.32. The van der Waals surface area contributed by atoms with Gasteiger partial charge in [0.15, 0.2) is 5.82 Å². The topological polar surface area (TPSA) is 80.1 Å². The van der Waals surface area contributed by atoms with E-state index < -0.39 is 5.41 Å². The molecular formula is C24H23Cl2N5O2. The Morgan fingerprint density at radius 1 is 1.06 bits per heavy atom. The maximum Gasteiger partial charge on any atom is 0.244 e. The number of amides is 2. The molecule has 1 spiro atoms. The van der Waals surface area contributed by atoms with Gasteiger partial charge in [-0.15, -0.1) is 5.10 Å². The van der Waals surface area contributed by atoms with Crippen molar-refractivity contribution < 1.29 is 9.59 Å². The highest BCUT2D eigenvalue weighted by Gasteiger charge is 2.58. The third-order valence-electron chi connectivity index (χ3n) is 6.37. The zero-order chi connectivity index (χ0) is 23.5. The first kappa shape index (κ1) is 21.9. The van der Waals surface area contributed by atoms with Crippen LogP contribution in [0.2, 0.25) is 10.0 Å². The maximum atomic E-state index is 14.0. The molecule has 3 heterocycles. The van der Waals surface area contributed by atoms with E-state index in [4.69, 9.17) is 23.2 Å². The average Bonchev–Trinajstić information content (AvgIpc) is 3.28. The van der Waals surface area contributed by atoms with Gasteiger partial charge in [0.2, 0.25) is 11.8 Å². The smallest absolute Gasteiger partial charge is 0.244 e. The first-order chi connectivity index (χ1) is 15.7. The van der Waals surface area contributed by atoms with Crippen molar-refractivity contribution in [1.29, 1.82) is 0 Å². The predicted octanol–water partition coefficient (Wildman–Crippen LogP) is 4.83. The number of halogens is 2. The Morgan fingerprint density at radius 2 is 1.76 bits per heavy atom. The van der Waals surface area contributed by atoms with Gasteiger partial charge in [0.05, 0.1) is 12.5 Å². The second kappa shape index (κ2) is 7.85. The number of benzene rings is 2. The summed E-state index contributed by atoms with van der Waals surface area (Å²) in [5, 5.41) is 12.9. The van der Waals surface area contributed by atoms with Crippen LogP contribution in [0.5, 0.6) is 0 Å². The van der Waals surface area contributed by atoms with E-state index >= 15 is 0 Å². The van der Waals surface area contributed by atoms with Crippen LogP contribution in [0.15, 0.2) is 42.5 Å². The number of anilines is 2. The fraction of sp³-hybridized carbons (Fsp3) is 0.333. The summed E-state index contributed by atoms with van der Waals surface area (Å²) >= 11 is 12.4. The van der Waals surface area contributed by atoms with E-state index in [2.05, 4.69) is 29.5 Å². The molecule has 0 saturated heterocycles. The molecule has 2 atom stereocenters. The Kier molecular flexibility index (Phi) is 5.21. The molecule has 0 fully saturated rings. The van der Waals surface area contributed by atoms with Crippen LogP contribution >= 0.6 is 23.2 Å². The van der Waals surface area contributed by atoms with Gasteiger partial charge >= 0.3 is 0 Å². The minimum absolute atomic E-state index is 0.0468. The van der Waals surface area contributed by atoms with Crippen LogP contribution in [-0.4, -0.2) is 33.4 Å². The minimum atomic E-state index is -1.26. The molecule has 0 saturated carbocycles. The van der Waals surface area contributed by atoms with Crippen molar-refractivity contribution in [3.63, 3.8) is 0 Å². The summed E-state index contributed by atoms with van der Waals surface area (Å²) in [4.78, 5) is 28.8. The van der Waals surface area contributed by atoms with Gasteiger partial charge in [0.1, 0.15) is 11.1 Å². The molecule has 1 aromatic heterocycles. The Hall–Kier alpha value is -2.90. The second-order valence-electron chi connectivity index (χ2n) is 9.06. The fourth-order valence-corrected chi connectivity index (χ4v) is 5.14. The Balaban J connectivity index is 1.69. The lowest BCUT2D eigenvalue weighted by Crippen LogP contribution is -2.47. The standard InChI is InChI=1S/C24H23Cl2N5O2/c1-13(2)12-30-19-9-8-17(26)10-18(19)24(23(30)33)11-20(32)27-22-21(24)28-29-31(22)14(3)15-4-6-16(25)7-5-15/h4-10,13-14H,11-12H2,1-3H3,(H,27,32)/t14-,24+/m0/s1. The third kappa shape index (κ3) is 3.33. The van der Waals surface area contributed by atoms with E-state index in [0.29, 0.717) is 33.7 Å². The highest BCUT2D eigenvalue weighted by Crippen LogP contribution is 2.52. The van der Waals surface area contributed by atoms with Crippen molar-refractivity contribution >= 4 is 46.5 Å². The molecule has 2 aliphatic rings. The van der Waals surface area contributed by atoms with Gasteiger partial charge in [-0.3, -0.25) is 9.59 Å². The van der Waals surface area contributed by atoms with E-state index in [9.17, 15) is 9.59 Å². The van der Waals surface area contributed by atoms with Gasteiger partial charge < -0.3 is 10.2 Å². The normalized spacial score (nSPS) is 20.2. The number of aromatic nitrogens is 3. The molecule has 0 unspecified atom stereocenters. The summed E-state index contributed by atoms with van der Waals surface area (Å²) in [5.74, 6) is 0.236. The number of carbonyl (C=O) groups excluding carboxylic acids is 2. The number of hydrogen-bond acceptors (Lipinski definition) is 4. The van der Waals surface area contributed by atoms with E-state index in [-0.39, 0.29) is 30.2 Å². The molecule has 0 radical (unpaired) electrons. The molecule has 3 aromatic rings. The number of nitrogens with zero attached hydrogens (tertiary/aromatic N) is 4. The van der Waals surface area contributed by atoms with Gasteiger partial charge in [0.25, 0.3) is 0 Å². The van der Waals surface area contributed by atoms with Crippen LogP contribution in [0.4, 0.5) is 11.5 Å². The molecular weight excluding hydrogens is 461 g/mol. The van der Waals surface area contributed by atoms with Crippen molar-refractivity contribution in [3.8, 4) is 0 Å². The van der Waals surface area contributed by atoms with Crippen molar-refractivity contribution in [3.05, 3.63) is 69.3 Å². The second-order valence-corrected chi connectivity index (χ2v) is 9.93. The van der Waals surface area contributed by atoms with Gasteiger partial charge in [-0.1, -0.05) is 54.4 Å². The maximum absolute atomic E-state index is 14.0. The first-order valence-corrected chi connectivity index (χ1v) is 11.6. The highest BCUT2D eigenvalue weighted by atomic mass is 35.5. The molecule has 33 heavy (non-hydrogen) atoms. The molecule has 7 nitrogen and oxygen atoms in total. The summed E-state index contributed by atoms with van der Waals surface area (Å²) in [5.41, 5.74) is 1.60. The minimum Gasteiger partial charge on any atom is -0.311 e. The quantitative estimate of drug-likeness (QED) is 0.576. The lowest BCUT2D eigenvalue weighted by molar-refractivity contribution is -0.126. The van der Waals surface area contributed by atoms with Crippen LogP contribution in [0.25, 0.3) is 0 Å². The number of fused-ring (bicyclic) bond motifs is 4. The van der Waals surface area contributed by atoms with Gasteiger partial charge in [-0.25, -0.2) is 4.68 Å².